The summed E-state index contributed by atoms with van der Waals surface area (Å²) in [5.74, 6) is 3.41. The van der Waals surface area contributed by atoms with Gasteiger partial charge in [-0.05, 0) is 49.9 Å². The molecular weight excluding hydrogens is 298 g/mol. The van der Waals surface area contributed by atoms with E-state index in [4.69, 9.17) is 0 Å². The van der Waals surface area contributed by atoms with Crippen molar-refractivity contribution in [3.63, 3.8) is 0 Å². The number of anilines is 4. The van der Waals surface area contributed by atoms with Crippen molar-refractivity contribution in [2.24, 2.45) is 5.92 Å². The molecule has 1 atom stereocenters. The lowest BCUT2D eigenvalue weighted by atomic mass is 10.0. The number of benzene rings is 1. The van der Waals surface area contributed by atoms with Crippen LogP contribution in [0.4, 0.5) is 23.0 Å². The highest BCUT2D eigenvalue weighted by Gasteiger charge is 2.18. The molecule has 0 amide bonds. The highest BCUT2D eigenvalue weighted by Crippen LogP contribution is 2.25. The maximum Gasteiger partial charge on any atom is 0.136 e. The van der Waals surface area contributed by atoms with Gasteiger partial charge in [0.2, 0.25) is 0 Å². The van der Waals surface area contributed by atoms with Crippen LogP contribution in [0, 0.1) is 12.8 Å². The molecule has 1 fully saturated rings. The van der Waals surface area contributed by atoms with Crippen LogP contribution in [0.15, 0.2) is 30.3 Å². The highest BCUT2D eigenvalue weighted by molar-refractivity contribution is 5.62. The maximum atomic E-state index is 4.64. The third-order valence-corrected chi connectivity index (χ3v) is 4.46. The molecule has 0 radical (unpaired) electrons. The highest BCUT2D eigenvalue weighted by atomic mass is 15.2. The van der Waals surface area contributed by atoms with E-state index in [0.29, 0.717) is 0 Å². The number of piperidine rings is 1. The summed E-state index contributed by atoms with van der Waals surface area (Å²) in [5, 5.41) is 3.41. The average molecular weight is 325 g/mol. The number of aryl methyl sites for hydroxylation is 1. The lowest BCUT2D eigenvalue weighted by molar-refractivity contribution is 0.444. The van der Waals surface area contributed by atoms with Gasteiger partial charge >= 0.3 is 0 Å². The number of hydrogen-bond donors (Lipinski definition) is 1. The fourth-order valence-electron chi connectivity index (χ4n) is 3.17. The molecule has 1 aliphatic heterocycles. The van der Waals surface area contributed by atoms with Gasteiger partial charge in [0.05, 0.1) is 0 Å². The van der Waals surface area contributed by atoms with E-state index in [1.54, 1.807) is 0 Å². The lowest BCUT2D eigenvalue weighted by Crippen LogP contribution is -2.35. The van der Waals surface area contributed by atoms with Crippen molar-refractivity contribution in [2.75, 3.05) is 42.3 Å². The quantitative estimate of drug-likeness (QED) is 0.925. The summed E-state index contributed by atoms with van der Waals surface area (Å²) >= 11 is 0. The van der Waals surface area contributed by atoms with Crippen LogP contribution in [0.2, 0.25) is 0 Å². The molecule has 1 unspecified atom stereocenters. The van der Waals surface area contributed by atoms with Crippen LogP contribution in [0.5, 0.6) is 0 Å². The fraction of sp³-hybridized carbons (Fsp3) is 0.474. The minimum Gasteiger partial charge on any atom is -0.378 e. The Morgan fingerprint density at radius 3 is 2.58 bits per heavy atom. The summed E-state index contributed by atoms with van der Waals surface area (Å²) in [7, 11) is 4.09. The zero-order valence-corrected chi connectivity index (χ0v) is 15.1. The van der Waals surface area contributed by atoms with Crippen LogP contribution in [-0.4, -0.2) is 37.2 Å². The number of hydrogen-bond acceptors (Lipinski definition) is 5. The molecule has 5 heteroatoms. The minimum absolute atomic E-state index is 0.726. The Hall–Kier alpha value is -2.30. The summed E-state index contributed by atoms with van der Waals surface area (Å²) in [6.07, 6.45) is 2.54. The van der Waals surface area contributed by atoms with Gasteiger partial charge in [-0.15, -0.1) is 0 Å². The standard InChI is InChI=1S/C19H27N5/c1-14-6-5-11-24(13-14)19-12-18(20-15(2)21-19)22-16-7-9-17(10-8-16)23(3)4/h7-10,12,14H,5-6,11,13H2,1-4H3,(H,20,21,22). The first-order valence-electron chi connectivity index (χ1n) is 8.66. The van der Waals surface area contributed by atoms with Crippen molar-refractivity contribution >= 4 is 23.0 Å². The van der Waals surface area contributed by atoms with Crippen LogP contribution in [0.3, 0.4) is 0 Å². The van der Waals surface area contributed by atoms with Gasteiger partial charge in [-0.1, -0.05) is 6.92 Å². The topological polar surface area (TPSA) is 44.3 Å². The molecule has 5 nitrogen and oxygen atoms in total. The van der Waals surface area contributed by atoms with Gasteiger partial charge in [-0.2, -0.15) is 0 Å². The van der Waals surface area contributed by atoms with Gasteiger partial charge in [0, 0.05) is 44.6 Å². The van der Waals surface area contributed by atoms with E-state index in [1.807, 2.05) is 21.0 Å². The summed E-state index contributed by atoms with van der Waals surface area (Å²) < 4.78 is 0. The van der Waals surface area contributed by atoms with Crippen LogP contribution >= 0.6 is 0 Å². The largest absolute Gasteiger partial charge is 0.378 e. The zero-order chi connectivity index (χ0) is 17.1. The normalized spacial score (nSPS) is 17.7. The van der Waals surface area contributed by atoms with E-state index in [9.17, 15) is 0 Å². The second-order valence-corrected chi connectivity index (χ2v) is 6.92. The summed E-state index contributed by atoms with van der Waals surface area (Å²) in [4.78, 5) is 13.6. The Morgan fingerprint density at radius 1 is 1.17 bits per heavy atom. The van der Waals surface area contributed by atoms with Crippen LogP contribution < -0.4 is 15.1 Å². The molecule has 0 spiro atoms. The molecular formula is C19H27N5. The first-order valence-corrected chi connectivity index (χ1v) is 8.66. The molecule has 1 saturated heterocycles. The molecule has 1 aromatic carbocycles. The lowest BCUT2D eigenvalue weighted by Gasteiger charge is -2.32. The summed E-state index contributed by atoms with van der Waals surface area (Å²) in [6, 6.07) is 10.4. The molecule has 2 aromatic rings. The first-order chi connectivity index (χ1) is 11.5. The molecule has 1 aliphatic rings. The molecule has 1 aromatic heterocycles. The third-order valence-electron chi connectivity index (χ3n) is 4.46. The number of rotatable bonds is 4. The predicted octanol–water partition coefficient (Wildman–Crippen LogP) is 3.83. The summed E-state index contributed by atoms with van der Waals surface area (Å²) in [5.41, 5.74) is 2.22. The molecule has 128 valence electrons. The van der Waals surface area contributed by atoms with Gasteiger partial charge in [0.1, 0.15) is 17.5 Å². The summed E-state index contributed by atoms with van der Waals surface area (Å²) in [6.45, 7) is 6.42. The van der Waals surface area contributed by atoms with E-state index in [-0.39, 0.29) is 0 Å². The molecule has 1 N–H and O–H groups in total. The molecule has 0 bridgehead atoms. The fourth-order valence-corrected chi connectivity index (χ4v) is 3.17. The van der Waals surface area contributed by atoms with Crippen molar-refractivity contribution in [3.8, 4) is 0 Å². The van der Waals surface area contributed by atoms with E-state index >= 15 is 0 Å². The molecule has 24 heavy (non-hydrogen) atoms. The van der Waals surface area contributed by atoms with Crippen LogP contribution in [0.25, 0.3) is 0 Å². The molecule has 0 aliphatic carbocycles. The molecule has 3 rings (SSSR count). The van der Waals surface area contributed by atoms with Gasteiger partial charge < -0.3 is 15.1 Å². The Morgan fingerprint density at radius 2 is 1.92 bits per heavy atom. The minimum atomic E-state index is 0.726. The van der Waals surface area contributed by atoms with Gasteiger partial charge in [-0.3, -0.25) is 0 Å². The van der Waals surface area contributed by atoms with Gasteiger partial charge in [0.15, 0.2) is 0 Å². The Kier molecular flexibility index (Phi) is 4.88. The maximum absolute atomic E-state index is 4.64. The van der Waals surface area contributed by atoms with E-state index in [2.05, 4.69) is 62.3 Å². The van der Waals surface area contributed by atoms with Crippen molar-refractivity contribution in [1.82, 2.24) is 9.97 Å². The number of nitrogens with one attached hydrogen (secondary N) is 1. The van der Waals surface area contributed by atoms with Crippen molar-refractivity contribution < 1.29 is 0 Å². The Labute approximate surface area is 144 Å². The second-order valence-electron chi connectivity index (χ2n) is 6.92. The van der Waals surface area contributed by atoms with Gasteiger partial charge in [-0.25, -0.2) is 9.97 Å². The van der Waals surface area contributed by atoms with Crippen molar-refractivity contribution in [1.29, 1.82) is 0 Å². The number of nitrogens with zero attached hydrogens (tertiary/aromatic N) is 4. The zero-order valence-electron chi connectivity index (χ0n) is 15.1. The average Bonchev–Trinajstić information content (AvgIpc) is 2.55. The van der Waals surface area contributed by atoms with Gasteiger partial charge in [0.25, 0.3) is 0 Å². The Bertz CT molecular complexity index is 681. The Balaban J connectivity index is 1.78. The monoisotopic (exact) mass is 325 g/mol. The number of aromatic nitrogens is 2. The molecule has 0 saturated carbocycles. The third kappa shape index (κ3) is 3.96. The van der Waals surface area contributed by atoms with Crippen LogP contribution in [-0.2, 0) is 0 Å². The van der Waals surface area contributed by atoms with Crippen molar-refractivity contribution in [3.05, 3.63) is 36.2 Å². The molecule has 2 heterocycles. The van der Waals surface area contributed by atoms with E-state index in [0.717, 1.165) is 42.2 Å². The second kappa shape index (κ2) is 7.07. The predicted molar refractivity (Wildman–Crippen MR) is 101 cm³/mol. The van der Waals surface area contributed by atoms with Crippen molar-refractivity contribution in [2.45, 2.75) is 26.7 Å². The smallest absolute Gasteiger partial charge is 0.136 e. The van der Waals surface area contributed by atoms with E-state index < -0.39 is 0 Å². The SMILES string of the molecule is Cc1nc(Nc2ccc(N(C)C)cc2)cc(N2CCCC(C)C2)n1. The first kappa shape index (κ1) is 16.6. The van der Waals surface area contributed by atoms with Crippen LogP contribution in [0.1, 0.15) is 25.6 Å². The van der Waals surface area contributed by atoms with E-state index in [1.165, 1.54) is 18.5 Å².